The summed E-state index contributed by atoms with van der Waals surface area (Å²) < 4.78 is 14.9. The molecule has 2 fully saturated rings. The molecule has 2 saturated carbocycles. The minimum atomic E-state index is -0.802. The second-order valence-corrected chi connectivity index (χ2v) is 8.34. The summed E-state index contributed by atoms with van der Waals surface area (Å²) in [7, 11) is 0. The van der Waals surface area contributed by atoms with E-state index < -0.39 is 5.67 Å². The Bertz CT molecular complexity index is 282. The largest absolute Gasteiger partial charge is 0.244 e. The van der Waals surface area contributed by atoms with Crippen LogP contribution in [-0.4, -0.2) is 5.67 Å². The third kappa shape index (κ3) is 5.53. The van der Waals surface area contributed by atoms with Crippen LogP contribution in [0.4, 0.5) is 4.39 Å². The van der Waals surface area contributed by atoms with Crippen LogP contribution in [0.3, 0.4) is 0 Å². The third-order valence-corrected chi connectivity index (χ3v) is 6.79. The second kappa shape index (κ2) is 9.28. The molecule has 0 aliphatic heterocycles. The van der Waals surface area contributed by atoms with Gasteiger partial charge in [0.15, 0.2) is 0 Å². The zero-order valence-electron chi connectivity index (χ0n) is 15.2. The van der Waals surface area contributed by atoms with Crippen LogP contribution in [0.5, 0.6) is 0 Å². The number of rotatable bonds is 8. The van der Waals surface area contributed by atoms with Crippen LogP contribution >= 0.6 is 0 Å². The van der Waals surface area contributed by atoms with Crippen LogP contribution in [0, 0.1) is 17.8 Å². The molecule has 0 N–H and O–H groups in total. The Hall–Kier alpha value is -0.0700. The number of halogens is 1. The normalized spacial score (nSPS) is 36.4. The maximum absolute atomic E-state index is 14.9. The van der Waals surface area contributed by atoms with E-state index in [1.165, 1.54) is 70.6 Å². The van der Waals surface area contributed by atoms with Gasteiger partial charge in [0.1, 0.15) is 5.67 Å². The fourth-order valence-corrected chi connectivity index (χ4v) is 4.99. The van der Waals surface area contributed by atoms with E-state index in [1.807, 2.05) is 0 Å². The van der Waals surface area contributed by atoms with Crippen molar-refractivity contribution in [2.75, 3.05) is 0 Å². The summed E-state index contributed by atoms with van der Waals surface area (Å²) in [4.78, 5) is 0. The van der Waals surface area contributed by atoms with Gasteiger partial charge in [0.25, 0.3) is 0 Å². The van der Waals surface area contributed by atoms with E-state index in [1.54, 1.807) is 0 Å². The Balaban J connectivity index is 1.64. The monoisotopic (exact) mass is 310 g/mol. The summed E-state index contributed by atoms with van der Waals surface area (Å²) in [5.74, 6) is 2.77. The summed E-state index contributed by atoms with van der Waals surface area (Å²) in [6, 6.07) is 0. The molecule has 0 bridgehead atoms. The lowest BCUT2D eigenvalue weighted by atomic mass is 9.67. The summed E-state index contributed by atoms with van der Waals surface area (Å²) in [6.07, 6.45) is 18.3. The van der Waals surface area contributed by atoms with Crippen molar-refractivity contribution >= 4 is 0 Å². The minimum absolute atomic E-state index is 0.802. The van der Waals surface area contributed by atoms with Gasteiger partial charge in [-0.3, -0.25) is 0 Å². The van der Waals surface area contributed by atoms with Gasteiger partial charge in [0.05, 0.1) is 0 Å². The molecule has 0 aromatic heterocycles. The summed E-state index contributed by atoms with van der Waals surface area (Å²) in [5, 5.41) is 0. The van der Waals surface area contributed by atoms with E-state index in [0.717, 1.165) is 43.4 Å². The number of unbranched alkanes of at least 4 members (excludes halogenated alkanes) is 4. The van der Waals surface area contributed by atoms with E-state index in [4.69, 9.17) is 0 Å². The van der Waals surface area contributed by atoms with E-state index in [9.17, 15) is 4.39 Å². The molecule has 0 spiro atoms. The molecule has 1 heteroatoms. The van der Waals surface area contributed by atoms with Crippen LogP contribution in [0.2, 0.25) is 0 Å². The van der Waals surface area contributed by atoms with Gasteiger partial charge in [-0.15, -0.1) is 0 Å². The highest BCUT2D eigenvalue weighted by atomic mass is 19.1. The first-order valence-corrected chi connectivity index (χ1v) is 10.4. The first-order valence-electron chi connectivity index (χ1n) is 10.4. The van der Waals surface area contributed by atoms with Gasteiger partial charge in [-0.1, -0.05) is 65.2 Å². The van der Waals surface area contributed by atoms with Gasteiger partial charge in [-0.2, -0.15) is 0 Å². The standard InChI is InChI=1S/C21H39F/c1-3-5-6-7-8-15-21(22)16-13-20(14-17-21)19-11-9-18(4-2)10-12-19/h18-20H,3-17H2,1-2H3/t18-,19-,20?,21?. The molecule has 0 radical (unpaired) electrons. The molecular weight excluding hydrogens is 271 g/mol. The van der Waals surface area contributed by atoms with E-state index >= 15 is 0 Å². The number of hydrogen-bond donors (Lipinski definition) is 0. The average molecular weight is 311 g/mol. The SMILES string of the molecule is CCCCCCCC1(F)CCC([C@H]2CC[C@H](CC)CC2)CC1. The smallest absolute Gasteiger partial charge is 0.111 e. The van der Waals surface area contributed by atoms with Gasteiger partial charge in [0.2, 0.25) is 0 Å². The van der Waals surface area contributed by atoms with Crippen molar-refractivity contribution < 1.29 is 4.39 Å². The highest BCUT2D eigenvalue weighted by Crippen LogP contribution is 2.45. The molecule has 2 rings (SSSR count). The van der Waals surface area contributed by atoms with Crippen molar-refractivity contribution in [1.29, 1.82) is 0 Å². The molecule has 2 aliphatic rings. The quantitative estimate of drug-likeness (QED) is 0.408. The summed E-state index contributed by atoms with van der Waals surface area (Å²) in [5.41, 5.74) is -0.802. The topological polar surface area (TPSA) is 0 Å². The lowest BCUT2D eigenvalue weighted by Gasteiger charge is -2.40. The number of hydrogen-bond acceptors (Lipinski definition) is 0. The summed E-state index contributed by atoms with van der Waals surface area (Å²) in [6.45, 7) is 4.58. The Labute approximate surface area is 138 Å². The van der Waals surface area contributed by atoms with Crippen molar-refractivity contribution in [1.82, 2.24) is 0 Å². The van der Waals surface area contributed by atoms with E-state index in [0.29, 0.717) is 0 Å². The lowest BCUT2D eigenvalue weighted by Crippen LogP contribution is -2.33. The Morgan fingerprint density at radius 3 is 1.95 bits per heavy atom. The van der Waals surface area contributed by atoms with Gasteiger partial charge in [-0.05, 0) is 62.7 Å². The van der Waals surface area contributed by atoms with Gasteiger partial charge >= 0.3 is 0 Å². The van der Waals surface area contributed by atoms with Crippen LogP contribution in [0.1, 0.15) is 110 Å². The first kappa shape index (κ1) is 18.3. The maximum atomic E-state index is 14.9. The van der Waals surface area contributed by atoms with Crippen molar-refractivity contribution in [3.8, 4) is 0 Å². The molecule has 130 valence electrons. The average Bonchev–Trinajstić information content (AvgIpc) is 2.55. The molecule has 0 saturated heterocycles. The molecular formula is C21H39F. The fourth-order valence-electron chi connectivity index (χ4n) is 4.99. The minimum Gasteiger partial charge on any atom is -0.244 e. The Morgan fingerprint density at radius 1 is 0.773 bits per heavy atom. The maximum Gasteiger partial charge on any atom is 0.111 e. The van der Waals surface area contributed by atoms with E-state index in [-0.39, 0.29) is 0 Å². The molecule has 0 amide bonds. The van der Waals surface area contributed by atoms with Crippen LogP contribution < -0.4 is 0 Å². The van der Waals surface area contributed by atoms with Crippen molar-refractivity contribution in [2.24, 2.45) is 17.8 Å². The third-order valence-electron chi connectivity index (χ3n) is 6.79. The fraction of sp³-hybridized carbons (Fsp3) is 1.00. The van der Waals surface area contributed by atoms with E-state index in [2.05, 4.69) is 13.8 Å². The predicted octanol–water partition coefficient (Wildman–Crippen LogP) is 7.46. The first-order chi connectivity index (χ1) is 10.7. The highest BCUT2D eigenvalue weighted by Gasteiger charge is 2.37. The Kier molecular flexibility index (Phi) is 7.71. The highest BCUT2D eigenvalue weighted by molar-refractivity contribution is 4.89. The zero-order valence-corrected chi connectivity index (χ0v) is 15.2. The van der Waals surface area contributed by atoms with Crippen LogP contribution in [-0.2, 0) is 0 Å². The second-order valence-electron chi connectivity index (χ2n) is 8.34. The van der Waals surface area contributed by atoms with Gasteiger partial charge in [0, 0.05) is 0 Å². The molecule has 0 atom stereocenters. The molecule has 0 nitrogen and oxygen atoms in total. The van der Waals surface area contributed by atoms with Crippen LogP contribution in [0.15, 0.2) is 0 Å². The summed E-state index contributed by atoms with van der Waals surface area (Å²) >= 11 is 0. The van der Waals surface area contributed by atoms with Crippen molar-refractivity contribution in [3.63, 3.8) is 0 Å². The molecule has 2 aliphatic carbocycles. The molecule has 0 aromatic rings. The molecule has 22 heavy (non-hydrogen) atoms. The number of alkyl halides is 1. The lowest BCUT2D eigenvalue weighted by molar-refractivity contribution is 0.0458. The predicted molar refractivity (Wildman–Crippen MR) is 94.9 cm³/mol. The van der Waals surface area contributed by atoms with Crippen molar-refractivity contribution in [2.45, 2.75) is 116 Å². The van der Waals surface area contributed by atoms with Crippen molar-refractivity contribution in [3.05, 3.63) is 0 Å². The molecule has 0 unspecified atom stereocenters. The Morgan fingerprint density at radius 2 is 1.36 bits per heavy atom. The molecule has 0 aromatic carbocycles. The van der Waals surface area contributed by atoms with Gasteiger partial charge in [-0.25, -0.2) is 4.39 Å². The molecule has 0 heterocycles. The van der Waals surface area contributed by atoms with Crippen LogP contribution in [0.25, 0.3) is 0 Å². The zero-order chi connectivity index (χ0) is 15.8. The van der Waals surface area contributed by atoms with Gasteiger partial charge < -0.3 is 0 Å².